The Morgan fingerprint density at radius 2 is 2.05 bits per heavy atom. The molecule has 1 saturated heterocycles. The van der Waals surface area contributed by atoms with Gasteiger partial charge >= 0.3 is 0 Å². The lowest BCUT2D eigenvalue weighted by molar-refractivity contribution is -0.138. The summed E-state index contributed by atoms with van der Waals surface area (Å²) in [5.74, 6) is 1.54. The molecule has 5 unspecified atom stereocenters. The van der Waals surface area contributed by atoms with Crippen molar-refractivity contribution < 1.29 is 9.53 Å². The number of fused-ring (bicyclic) bond motifs is 2. The number of halogens is 1. The second-order valence-electron chi connectivity index (χ2n) is 6.26. The van der Waals surface area contributed by atoms with Gasteiger partial charge in [-0.25, -0.2) is 0 Å². The Hall–Kier alpha value is -0.320. The molecule has 2 N–H and O–H groups in total. The highest BCUT2D eigenvalue weighted by Crippen LogP contribution is 2.48. The van der Waals surface area contributed by atoms with Crippen LogP contribution in [0.2, 0.25) is 0 Å². The fourth-order valence-electron chi connectivity index (χ4n) is 4.11. The molecule has 2 bridgehead atoms. The van der Waals surface area contributed by atoms with Gasteiger partial charge < -0.3 is 15.4 Å². The van der Waals surface area contributed by atoms with Crippen molar-refractivity contribution >= 4 is 18.3 Å². The highest BCUT2D eigenvalue weighted by molar-refractivity contribution is 5.85. The third-order valence-corrected chi connectivity index (χ3v) is 5.03. The molecule has 0 aromatic carbocycles. The van der Waals surface area contributed by atoms with Crippen LogP contribution in [0.25, 0.3) is 0 Å². The van der Waals surface area contributed by atoms with Gasteiger partial charge in [0.15, 0.2) is 0 Å². The largest absolute Gasteiger partial charge is 0.377 e. The second-order valence-corrected chi connectivity index (χ2v) is 6.26. The monoisotopic (exact) mass is 288 g/mol. The lowest BCUT2D eigenvalue weighted by atomic mass is 9.84. The Labute approximate surface area is 121 Å². The van der Waals surface area contributed by atoms with Crippen LogP contribution in [0.3, 0.4) is 0 Å². The van der Waals surface area contributed by atoms with Crippen molar-refractivity contribution in [3.05, 3.63) is 0 Å². The Kier molecular flexibility index (Phi) is 4.75. The van der Waals surface area contributed by atoms with Crippen molar-refractivity contribution in [2.75, 3.05) is 19.7 Å². The number of carbonyl (C=O) groups is 1. The van der Waals surface area contributed by atoms with E-state index < -0.39 is 0 Å². The highest BCUT2D eigenvalue weighted by atomic mass is 35.5. The highest BCUT2D eigenvalue weighted by Gasteiger charge is 2.50. The first-order valence-electron chi connectivity index (χ1n) is 7.33. The van der Waals surface area contributed by atoms with E-state index in [1.54, 1.807) is 0 Å². The molecule has 3 fully saturated rings. The number of hydrogen-bond donors (Lipinski definition) is 1. The average Bonchev–Trinajstić information content (AvgIpc) is 2.85. The van der Waals surface area contributed by atoms with E-state index in [1.165, 1.54) is 19.3 Å². The summed E-state index contributed by atoms with van der Waals surface area (Å²) in [7, 11) is 0. The second kappa shape index (κ2) is 5.98. The first kappa shape index (κ1) is 15.1. The zero-order chi connectivity index (χ0) is 12.7. The fraction of sp³-hybridized carbons (Fsp3) is 0.929. The first-order chi connectivity index (χ1) is 8.66. The molecule has 2 saturated carbocycles. The van der Waals surface area contributed by atoms with Crippen molar-refractivity contribution in [3.63, 3.8) is 0 Å². The van der Waals surface area contributed by atoms with Crippen LogP contribution in [0.15, 0.2) is 0 Å². The van der Waals surface area contributed by atoms with E-state index in [4.69, 9.17) is 10.5 Å². The topological polar surface area (TPSA) is 55.6 Å². The van der Waals surface area contributed by atoms with E-state index in [9.17, 15) is 4.79 Å². The number of nitrogens with zero attached hydrogens (tertiary/aromatic N) is 1. The number of hydrogen-bond acceptors (Lipinski definition) is 3. The maximum atomic E-state index is 12.7. The first-order valence-corrected chi connectivity index (χ1v) is 7.33. The van der Waals surface area contributed by atoms with E-state index >= 15 is 0 Å². The summed E-state index contributed by atoms with van der Waals surface area (Å²) in [6.45, 7) is 4.39. The van der Waals surface area contributed by atoms with Crippen molar-refractivity contribution in [2.45, 2.75) is 44.8 Å². The van der Waals surface area contributed by atoms with Crippen molar-refractivity contribution in [3.8, 4) is 0 Å². The maximum Gasteiger partial charge on any atom is 0.227 e. The molecule has 3 rings (SSSR count). The zero-order valence-corrected chi connectivity index (χ0v) is 12.4. The van der Waals surface area contributed by atoms with Gasteiger partial charge in [0.2, 0.25) is 5.91 Å². The molecule has 5 atom stereocenters. The molecule has 4 nitrogen and oxygen atoms in total. The molecule has 110 valence electrons. The Morgan fingerprint density at radius 1 is 1.32 bits per heavy atom. The van der Waals surface area contributed by atoms with Crippen LogP contribution >= 0.6 is 12.4 Å². The predicted molar refractivity (Wildman–Crippen MR) is 76.2 cm³/mol. The molecule has 0 aromatic rings. The van der Waals surface area contributed by atoms with E-state index in [2.05, 4.69) is 0 Å². The number of nitrogens with two attached hydrogens (primary N) is 1. The summed E-state index contributed by atoms with van der Waals surface area (Å²) in [4.78, 5) is 14.7. The molecular formula is C14H25ClN2O2. The van der Waals surface area contributed by atoms with Crippen molar-refractivity contribution in [2.24, 2.45) is 23.5 Å². The van der Waals surface area contributed by atoms with Crippen LogP contribution in [0.5, 0.6) is 0 Å². The summed E-state index contributed by atoms with van der Waals surface area (Å²) in [5.41, 5.74) is 6.27. The number of carbonyl (C=O) groups excluding carboxylic acids is 1. The number of ether oxygens (including phenoxy) is 1. The molecule has 1 aliphatic heterocycles. The minimum atomic E-state index is 0. The van der Waals surface area contributed by atoms with Crippen LogP contribution in [0.4, 0.5) is 0 Å². The average molecular weight is 289 g/mol. The molecule has 5 heteroatoms. The normalized spacial score (nSPS) is 41.8. The molecule has 2 aliphatic carbocycles. The van der Waals surface area contributed by atoms with Gasteiger partial charge in [-0.1, -0.05) is 0 Å². The van der Waals surface area contributed by atoms with E-state index in [1.807, 2.05) is 11.8 Å². The standard InChI is InChI=1S/C14H24N2O2.ClH/c1-9-8-16(5-2-6-18-9)14(17)12-10-3-4-11(7-10)13(12)15;/h9-13H,2-8,15H2,1H3;1H. The Morgan fingerprint density at radius 3 is 2.74 bits per heavy atom. The molecule has 1 heterocycles. The predicted octanol–water partition coefficient (Wildman–Crippen LogP) is 1.42. The van der Waals surface area contributed by atoms with Crippen LogP contribution in [-0.4, -0.2) is 42.6 Å². The van der Waals surface area contributed by atoms with Gasteiger partial charge in [0, 0.05) is 25.7 Å². The summed E-state index contributed by atoms with van der Waals surface area (Å²) in [5, 5.41) is 0. The van der Waals surface area contributed by atoms with Crippen LogP contribution in [-0.2, 0) is 9.53 Å². The number of amides is 1. The summed E-state index contributed by atoms with van der Waals surface area (Å²) >= 11 is 0. The molecule has 0 spiro atoms. The lowest BCUT2D eigenvalue weighted by Crippen LogP contribution is -2.48. The number of rotatable bonds is 1. The molecule has 1 amide bonds. The van der Waals surface area contributed by atoms with Gasteiger partial charge in [0.05, 0.1) is 12.0 Å². The minimum absolute atomic E-state index is 0. The quantitative estimate of drug-likeness (QED) is 0.794. The van der Waals surface area contributed by atoms with Gasteiger partial charge in [0.25, 0.3) is 0 Å². The van der Waals surface area contributed by atoms with Gasteiger partial charge in [-0.05, 0) is 44.4 Å². The Bertz CT molecular complexity index is 337. The van der Waals surface area contributed by atoms with E-state index in [0.717, 1.165) is 26.1 Å². The van der Waals surface area contributed by atoms with Crippen LogP contribution < -0.4 is 5.73 Å². The van der Waals surface area contributed by atoms with Gasteiger partial charge in [-0.3, -0.25) is 4.79 Å². The smallest absolute Gasteiger partial charge is 0.227 e. The summed E-state index contributed by atoms with van der Waals surface area (Å²) in [6, 6.07) is 0.107. The maximum absolute atomic E-state index is 12.7. The molecule has 0 radical (unpaired) electrons. The zero-order valence-electron chi connectivity index (χ0n) is 11.6. The third kappa shape index (κ3) is 2.76. The van der Waals surface area contributed by atoms with Gasteiger partial charge in [-0.15, -0.1) is 12.4 Å². The Balaban J connectivity index is 0.00000133. The summed E-state index contributed by atoms with van der Waals surface area (Å²) < 4.78 is 5.61. The fourth-order valence-corrected chi connectivity index (χ4v) is 4.11. The molecule has 19 heavy (non-hydrogen) atoms. The molecular weight excluding hydrogens is 264 g/mol. The van der Waals surface area contributed by atoms with Gasteiger partial charge in [0.1, 0.15) is 0 Å². The van der Waals surface area contributed by atoms with Crippen LogP contribution in [0.1, 0.15) is 32.6 Å². The van der Waals surface area contributed by atoms with Crippen molar-refractivity contribution in [1.29, 1.82) is 0 Å². The minimum Gasteiger partial charge on any atom is -0.377 e. The van der Waals surface area contributed by atoms with Crippen molar-refractivity contribution in [1.82, 2.24) is 4.90 Å². The van der Waals surface area contributed by atoms with E-state index in [0.29, 0.717) is 17.7 Å². The third-order valence-electron chi connectivity index (χ3n) is 5.03. The van der Waals surface area contributed by atoms with E-state index in [-0.39, 0.29) is 30.5 Å². The summed E-state index contributed by atoms with van der Waals surface area (Å²) in [6.07, 6.45) is 4.72. The van der Waals surface area contributed by atoms with Gasteiger partial charge in [-0.2, -0.15) is 0 Å². The SMILES string of the molecule is CC1CN(C(=O)C2C3CCC(C3)C2N)CCCO1.Cl. The van der Waals surface area contributed by atoms with Crippen LogP contribution in [0, 0.1) is 17.8 Å². The molecule has 3 aliphatic rings. The molecule has 0 aromatic heterocycles. The lowest BCUT2D eigenvalue weighted by Gasteiger charge is -2.32.